The third-order valence-corrected chi connectivity index (χ3v) is 6.48. The highest BCUT2D eigenvalue weighted by Gasteiger charge is 2.23. The largest absolute Gasteiger partial charge is 0.489 e. The Bertz CT molecular complexity index is 1140. The number of aromatic nitrogens is 1. The van der Waals surface area contributed by atoms with Gasteiger partial charge in [0.15, 0.2) is 0 Å². The fourth-order valence-corrected chi connectivity index (χ4v) is 4.79. The number of ether oxygens (including phenoxy) is 2. The lowest BCUT2D eigenvalue weighted by molar-refractivity contribution is 0.0120. The predicted octanol–water partition coefficient (Wildman–Crippen LogP) is 5.28. The molecule has 3 aromatic rings. The molecule has 0 spiro atoms. The number of rotatable bonds is 9. The van der Waals surface area contributed by atoms with Gasteiger partial charge in [0.25, 0.3) is 0 Å². The molecule has 0 radical (unpaired) electrons. The second-order valence-corrected chi connectivity index (χ2v) is 10.3. The predicted molar refractivity (Wildman–Crippen MR) is 130 cm³/mol. The second-order valence-electron chi connectivity index (χ2n) is 8.50. The van der Waals surface area contributed by atoms with Crippen molar-refractivity contribution >= 4 is 15.7 Å². The van der Waals surface area contributed by atoms with Crippen LogP contribution in [0.3, 0.4) is 0 Å². The molecule has 1 aliphatic carbocycles. The lowest BCUT2D eigenvalue weighted by Gasteiger charge is -2.29. The van der Waals surface area contributed by atoms with Crippen molar-refractivity contribution in [2.24, 2.45) is 0 Å². The van der Waals surface area contributed by atoms with Crippen molar-refractivity contribution < 1.29 is 17.9 Å². The maximum absolute atomic E-state index is 11.6. The van der Waals surface area contributed by atoms with Crippen LogP contribution in [-0.4, -0.2) is 25.8 Å². The van der Waals surface area contributed by atoms with Gasteiger partial charge >= 0.3 is 0 Å². The molecule has 1 heterocycles. The van der Waals surface area contributed by atoms with Crippen LogP contribution in [-0.2, 0) is 28.0 Å². The Morgan fingerprint density at radius 3 is 2.48 bits per heavy atom. The summed E-state index contributed by atoms with van der Waals surface area (Å²) in [5, 5.41) is 0. The van der Waals surface area contributed by atoms with Crippen LogP contribution in [0, 0.1) is 0 Å². The number of hydrogen-bond donors (Lipinski definition) is 1. The molecule has 1 N–H and O–H groups in total. The maximum atomic E-state index is 11.6. The first-order valence-corrected chi connectivity index (χ1v) is 13.2. The van der Waals surface area contributed by atoms with E-state index in [0.29, 0.717) is 23.9 Å². The summed E-state index contributed by atoms with van der Waals surface area (Å²) in [6.45, 7) is 0.853. The number of pyridine rings is 1. The lowest BCUT2D eigenvalue weighted by atomic mass is 9.82. The van der Waals surface area contributed by atoms with Crippen molar-refractivity contribution in [3.8, 4) is 5.75 Å². The summed E-state index contributed by atoms with van der Waals surface area (Å²) in [5.74, 6) is 1.39. The zero-order valence-corrected chi connectivity index (χ0v) is 19.6. The zero-order chi connectivity index (χ0) is 23.1. The van der Waals surface area contributed by atoms with E-state index in [1.54, 1.807) is 18.3 Å². The van der Waals surface area contributed by atoms with Crippen molar-refractivity contribution in [3.63, 3.8) is 0 Å². The molecule has 0 bridgehead atoms. The summed E-state index contributed by atoms with van der Waals surface area (Å²) < 4.78 is 37.8. The zero-order valence-electron chi connectivity index (χ0n) is 18.8. The summed E-state index contributed by atoms with van der Waals surface area (Å²) >= 11 is 0. The van der Waals surface area contributed by atoms with Gasteiger partial charge in [0, 0.05) is 6.20 Å². The van der Waals surface area contributed by atoms with E-state index in [4.69, 9.17) is 9.47 Å². The molecule has 1 aliphatic rings. The van der Waals surface area contributed by atoms with Gasteiger partial charge in [-0.05, 0) is 67.0 Å². The van der Waals surface area contributed by atoms with Crippen LogP contribution in [0.1, 0.15) is 48.4 Å². The van der Waals surface area contributed by atoms with E-state index < -0.39 is 10.0 Å². The number of anilines is 1. The van der Waals surface area contributed by atoms with E-state index in [0.717, 1.165) is 43.3 Å². The van der Waals surface area contributed by atoms with Crippen LogP contribution in [0.15, 0.2) is 72.9 Å². The van der Waals surface area contributed by atoms with Crippen LogP contribution in [0.4, 0.5) is 5.69 Å². The Morgan fingerprint density at radius 2 is 1.73 bits per heavy atom. The first kappa shape index (κ1) is 23.3. The van der Waals surface area contributed by atoms with Gasteiger partial charge in [-0.3, -0.25) is 9.71 Å². The third kappa shape index (κ3) is 7.04. The number of hydrogen-bond acceptors (Lipinski definition) is 5. The molecule has 1 saturated carbocycles. The van der Waals surface area contributed by atoms with Crippen molar-refractivity contribution in [1.82, 2.24) is 4.98 Å². The molecule has 7 heteroatoms. The molecule has 0 unspecified atom stereocenters. The van der Waals surface area contributed by atoms with Gasteiger partial charge in [-0.1, -0.05) is 42.5 Å². The average Bonchev–Trinajstić information content (AvgIpc) is 2.82. The Labute approximate surface area is 196 Å². The minimum Gasteiger partial charge on any atom is -0.489 e. The number of nitrogens with zero attached hydrogens (tertiary/aromatic N) is 1. The van der Waals surface area contributed by atoms with Crippen LogP contribution in [0.25, 0.3) is 0 Å². The van der Waals surface area contributed by atoms with Crippen LogP contribution >= 0.6 is 0 Å². The highest BCUT2D eigenvalue weighted by Crippen LogP contribution is 2.35. The Kier molecular flexibility index (Phi) is 7.62. The molecule has 6 nitrogen and oxygen atoms in total. The van der Waals surface area contributed by atoms with Crippen molar-refractivity contribution in [3.05, 3.63) is 89.7 Å². The number of sulfonamides is 1. The quantitative estimate of drug-likeness (QED) is 0.465. The fourth-order valence-electron chi connectivity index (χ4n) is 4.20. The fraction of sp³-hybridized carbons (Fsp3) is 0.346. The molecule has 0 atom stereocenters. The molecule has 0 amide bonds. The maximum Gasteiger partial charge on any atom is 0.229 e. The number of nitrogens with one attached hydrogen (secondary N) is 1. The molecule has 4 rings (SSSR count). The van der Waals surface area contributed by atoms with Gasteiger partial charge < -0.3 is 9.47 Å². The standard InChI is InChI=1S/C26H30N2O4S/c1-33(29,30)28-25-11-6-16-27-26(25)19-32-23-14-12-21(13-15-23)22-9-5-10-24(17-22)31-18-20-7-3-2-4-8-20/h2-11,16-17,21,23,28H,12-15,18-19H2,1H3/t21-,23+. The lowest BCUT2D eigenvalue weighted by Crippen LogP contribution is -2.21. The van der Waals surface area contributed by atoms with Crippen LogP contribution in [0.5, 0.6) is 5.75 Å². The van der Waals surface area contributed by atoms with E-state index in [9.17, 15) is 8.42 Å². The molecular formula is C26H30N2O4S. The van der Waals surface area contributed by atoms with Gasteiger partial charge in [0.1, 0.15) is 12.4 Å². The monoisotopic (exact) mass is 466 g/mol. The Hall–Kier alpha value is -2.90. The smallest absolute Gasteiger partial charge is 0.229 e. The first-order chi connectivity index (χ1) is 16.0. The first-order valence-electron chi connectivity index (χ1n) is 11.3. The topological polar surface area (TPSA) is 77.5 Å². The third-order valence-electron chi connectivity index (χ3n) is 5.89. The van der Waals surface area contributed by atoms with Gasteiger partial charge in [-0.2, -0.15) is 0 Å². The van der Waals surface area contributed by atoms with Crippen molar-refractivity contribution in [2.45, 2.75) is 50.9 Å². The summed E-state index contributed by atoms with van der Waals surface area (Å²) in [4.78, 5) is 4.29. The summed E-state index contributed by atoms with van der Waals surface area (Å²) in [6, 6.07) is 22.0. The molecule has 0 saturated heterocycles. The van der Waals surface area contributed by atoms with Crippen molar-refractivity contribution in [2.75, 3.05) is 11.0 Å². The normalized spacial score (nSPS) is 18.6. The SMILES string of the molecule is CS(=O)(=O)Nc1cccnc1CO[C@H]1CC[C@@H](c2cccc(OCc3ccccc3)c2)CC1. The molecule has 1 aromatic heterocycles. The van der Waals surface area contributed by atoms with Crippen molar-refractivity contribution in [1.29, 1.82) is 0 Å². The van der Waals surface area contributed by atoms with Crippen LogP contribution < -0.4 is 9.46 Å². The molecule has 33 heavy (non-hydrogen) atoms. The minimum absolute atomic E-state index is 0.145. The molecular weight excluding hydrogens is 436 g/mol. The average molecular weight is 467 g/mol. The highest BCUT2D eigenvalue weighted by atomic mass is 32.2. The molecule has 1 fully saturated rings. The summed E-state index contributed by atoms with van der Waals surface area (Å²) in [6.07, 6.45) is 6.94. The highest BCUT2D eigenvalue weighted by molar-refractivity contribution is 7.92. The summed E-state index contributed by atoms with van der Waals surface area (Å²) in [7, 11) is -3.36. The Morgan fingerprint density at radius 1 is 0.939 bits per heavy atom. The Balaban J connectivity index is 1.28. The second kappa shape index (κ2) is 10.8. The van der Waals surface area contributed by atoms with Gasteiger partial charge in [0.05, 0.1) is 30.3 Å². The molecule has 0 aliphatic heterocycles. The number of benzene rings is 2. The molecule has 174 valence electrons. The van der Waals surface area contributed by atoms with Gasteiger partial charge in [0.2, 0.25) is 10.0 Å². The van der Waals surface area contributed by atoms with E-state index in [-0.39, 0.29) is 12.7 Å². The van der Waals surface area contributed by atoms with E-state index >= 15 is 0 Å². The van der Waals surface area contributed by atoms with E-state index in [2.05, 4.69) is 40.0 Å². The van der Waals surface area contributed by atoms with Crippen LogP contribution in [0.2, 0.25) is 0 Å². The van der Waals surface area contributed by atoms with E-state index in [1.807, 2.05) is 24.3 Å². The van der Waals surface area contributed by atoms with Gasteiger partial charge in [-0.25, -0.2) is 8.42 Å². The van der Waals surface area contributed by atoms with Gasteiger partial charge in [-0.15, -0.1) is 0 Å². The minimum atomic E-state index is -3.36. The van der Waals surface area contributed by atoms with E-state index in [1.165, 1.54) is 5.56 Å². The summed E-state index contributed by atoms with van der Waals surface area (Å²) in [5.41, 5.74) is 3.54. The molecule has 2 aromatic carbocycles.